The van der Waals surface area contributed by atoms with E-state index >= 15 is 0 Å². The molecular formula is C14H11FN2O. The lowest BCUT2D eigenvalue weighted by molar-refractivity contribution is 0.0751. The van der Waals surface area contributed by atoms with Gasteiger partial charge in [-0.1, -0.05) is 24.3 Å². The van der Waals surface area contributed by atoms with Crippen LogP contribution in [0.25, 0.3) is 0 Å². The standard InChI is InChI=1S/C14H11FN2O/c15-13-6-5-10(7-16-13)14(18)17-8-11-3-1-2-4-12(11)9-17/h1-7H,8-9H2. The smallest absolute Gasteiger partial charge is 0.256 e. The largest absolute Gasteiger partial charge is 0.330 e. The monoisotopic (exact) mass is 242 g/mol. The van der Waals surface area contributed by atoms with Crippen molar-refractivity contribution >= 4 is 5.91 Å². The summed E-state index contributed by atoms with van der Waals surface area (Å²) in [5.41, 5.74) is 2.76. The van der Waals surface area contributed by atoms with Crippen LogP contribution in [-0.2, 0) is 13.1 Å². The topological polar surface area (TPSA) is 33.2 Å². The van der Waals surface area contributed by atoms with E-state index < -0.39 is 5.95 Å². The average Bonchev–Trinajstić information content (AvgIpc) is 2.82. The van der Waals surface area contributed by atoms with Crippen LogP contribution in [-0.4, -0.2) is 15.8 Å². The summed E-state index contributed by atoms with van der Waals surface area (Å²) in [7, 11) is 0. The number of rotatable bonds is 1. The maximum absolute atomic E-state index is 12.7. The molecule has 3 nitrogen and oxygen atoms in total. The molecule has 0 spiro atoms. The van der Waals surface area contributed by atoms with Crippen molar-refractivity contribution in [2.45, 2.75) is 13.1 Å². The fourth-order valence-electron chi connectivity index (χ4n) is 2.16. The highest BCUT2D eigenvalue weighted by atomic mass is 19.1. The van der Waals surface area contributed by atoms with E-state index in [9.17, 15) is 9.18 Å². The van der Waals surface area contributed by atoms with Gasteiger partial charge in [0.1, 0.15) is 0 Å². The molecule has 4 heteroatoms. The number of hydrogen-bond acceptors (Lipinski definition) is 2. The number of pyridine rings is 1. The Morgan fingerprint density at radius 2 is 1.78 bits per heavy atom. The van der Waals surface area contributed by atoms with Gasteiger partial charge in [-0.15, -0.1) is 0 Å². The molecule has 18 heavy (non-hydrogen) atoms. The van der Waals surface area contributed by atoms with Crippen LogP contribution in [0.3, 0.4) is 0 Å². The van der Waals surface area contributed by atoms with Crippen molar-refractivity contribution in [1.82, 2.24) is 9.88 Å². The van der Waals surface area contributed by atoms with E-state index in [1.807, 2.05) is 24.3 Å². The molecule has 0 unspecified atom stereocenters. The van der Waals surface area contributed by atoms with Crippen LogP contribution in [0.2, 0.25) is 0 Å². The molecule has 2 heterocycles. The molecule has 1 aromatic carbocycles. The lowest BCUT2D eigenvalue weighted by Crippen LogP contribution is -2.25. The third kappa shape index (κ3) is 1.86. The Labute approximate surface area is 104 Å². The summed E-state index contributed by atoms with van der Waals surface area (Å²) in [5, 5.41) is 0. The Balaban J connectivity index is 1.82. The summed E-state index contributed by atoms with van der Waals surface area (Å²) in [6.45, 7) is 1.21. The molecule has 0 saturated carbocycles. The fraction of sp³-hybridized carbons (Fsp3) is 0.143. The molecule has 0 aliphatic carbocycles. The van der Waals surface area contributed by atoms with Crippen LogP contribution in [0, 0.1) is 5.95 Å². The fourth-order valence-corrected chi connectivity index (χ4v) is 2.16. The quantitative estimate of drug-likeness (QED) is 0.719. The van der Waals surface area contributed by atoms with Gasteiger partial charge in [-0.3, -0.25) is 4.79 Å². The summed E-state index contributed by atoms with van der Waals surface area (Å²) in [4.78, 5) is 17.4. The highest BCUT2D eigenvalue weighted by Crippen LogP contribution is 2.23. The van der Waals surface area contributed by atoms with Crippen LogP contribution in [0.1, 0.15) is 21.5 Å². The zero-order chi connectivity index (χ0) is 12.5. The first-order valence-corrected chi connectivity index (χ1v) is 5.71. The molecule has 2 aromatic rings. The van der Waals surface area contributed by atoms with Gasteiger partial charge in [-0.2, -0.15) is 4.39 Å². The van der Waals surface area contributed by atoms with E-state index in [2.05, 4.69) is 4.98 Å². The number of carbonyl (C=O) groups is 1. The van der Waals surface area contributed by atoms with Gasteiger partial charge in [0.05, 0.1) is 5.56 Å². The molecule has 1 aliphatic rings. The second-order valence-corrected chi connectivity index (χ2v) is 4.30. The summed E-state index contributed by atoms with van der Waals surface area (Å²) in [6, 6.07) is 10.6. The first kappa shape index (κ1) is 10.9. The predicted octanol–water partition coefficient (Wildman–Crippen LogP) is 2.38. The van der Waals surface area contributed by atoms with Gasteiger partial charge in [-0.25, -0.2) is 4.98 Å². The van der Waals surface area contributed by atoms with Crippen molar-refractivity contribution in [3.8, 4) is 0 Å². The number of amides is 1. The minimum absolute atomic E-state index is 0.112. The Bertz CT molecular complexity index is 570. The van der Waals surface area contributed by atoms with E-state index in [0.29, 0.717) is 18.7 Å². The van der Waals surface area contributed by atoms with Gasteiger partial charge in [0.25, 0.3) is 5.91 Å². The second kappa shape index (κ2) is 4.22. The molecule has 0 saturated heterocycles. The number of nitrogens with zero attached hydrogens (tertiary/aromatic N) is 2. The van der Waals surface area contributed by atoms with Gasteiger partial charge in [-0.05, 0) is 23.3 Å². The zero-order valence-corrected chi connectivity index (χ0v) is 9.64. The predicted molar refractivity (Wildman–Crippen MR) is 64.2 cm³/mol. The molecule has 0 radical (unpaired) electrons. The molecule has 3 rings (SSSR count). The number of hydrogen-bond donors (Lipinski definition) is 0. The van der Waals surface area contributed by atoms with Crippen LogP contribution in [0.5, 0.6) is 0 Å². The lowest BCUT2D eigenvalue weighted by Gasteiger charge is -2.14. The molecule has 0 fully saturated rings. The van der Waals surface area contributed by atoms with E-state index in [1.54, 1.807) is 4.90 Å². The molecular weight excluding hydrogens is 231 g/mol. The first-order chi connectivity index (χ1) is 8.74. The number of carbonyl (C=O) groups excluding carboxylic acids is 1. The zero-order valence-electron chi connectivity index (χ0n) is 9.64. The van der Waals surface area contributed by atoms with Gasteiger partial charge in [0.15, 0.2) is 0 Å². The van der Waals surface area contributed by atoms with Crippen molar-refractivity contribution < 1.29 is 9.18 Å². The van der Waals surface area contributed by atoms with Crippen LogP contribution in [0.15, 0.2) is 42.6 Å². The van der Waals surface area contributed by atoms with E-state index in [0.717, 1.165) is 0 Å². The second-order valence-electron chi connectivity index (χ2n) is 4.30. The molecule has 1 aliphatic heterocycles. The molecule has 1 amide bonds. The number of fused-ring (bicyclic) bond motifs is 1. The molecule has 0 bridgehead atoms. The Kier molecular flexibility index (Phi) is 2.55. The number of halogens is 1. The third-order valence-corrected chi connectivity index (χ3v) is 3.10. The van der Waals surface area contributed by atoms with Crippen LogP contribution < -0.4 is 0 Å². The van der Waals surface area contributed by atoms with Crippen molar-refractivity contribution in [1.29, 1.82) is 0 Å². The van der Waals surface area contributed by atoms with Crippen LogP contribution >= 0.6 is 0 Å². The van der Waals surface area contributed by atoms with E-state index in [1.165, 1.54) is 29.5 Å². The maximum atomic E-state index is 12.7. The van der Waals surface area contributed by atoms with Crippen molar-refractivity contribution in [3.05, 3.63) is 65.2 Å². The SMILES string of the molecule is O=C(c1ccc(F)nc1)N1Cc2ccccc2C1. The number of benzene rings is 1. The van der Waals surface area contributed by atoms with Gasteiger partial charge < -0.3 is 4.90 Å². The Hall–Kier alpha value is -2.23. The molecule has 90 valence electrons. The molecule has 1 aromatic heterocycles. The Morgan fingerprint density at radius 3 is 2.33 bits per heavy atom. The number of aromatic nitrogens is 1. The van der Waals surface area contributed by atoms with Crippen LogP contribution in [0.4, 0.5) is 4.39 Å². The molecule has 0 N–H and O–H groups in total. The summed E-state index contributed by atoms with van der Waals surface area (Å²) < 4.78 is 12.7. The summed E-state index contributed by atoms with van der Waals surface area (Å²) >= 11 is 0. The normalized spacial score (nSPS) is 13.5. The third-order valence-electron chi connectivity index (χ3n) is 3.10. The summed E-state index contributed by atoms with van der Waals surface area (Å²) in [5.74, 6) is -0.685. The van der Waals surface area contributed by atoms with Gasteiger partial charge in [0.2, 0.25) is 5.95 Å². The minimum Gasteiger partial charge on any atom is -0.330 e. The maximum Gasteiger partial charge on any atom is 0.256 e. The van der Waals surface area contributed by atoms with Gasteiger partial charge in [0, 0.05) is 19.3 Å². The van der Waals surface area contributed by atoms with Gasteiger partial charge >= 0.3 is 0 Å². The van der Waals surface area contributed by atoms with Crippen molar-refractivity contribution in [3.63, 3.8) is 0 Å². The van der Waals surface area contributed by atoms with E-state index in [4.69, 9.17) is 0 Å². The average molecular weight is 242 g/mol. The highest BCUT2D eigenvalue weighted by molar-refractivity contribution is 5.94. The molecule has 0 atom stereocenters. The van der Waals surface area contributed by atoms with Crippen molar-refractivity contribution in [2.24, 2.45) is 0 Å². The first-order valence-electron chi connectivity index (χ1n) is 5.71. The minimum atomic E-state index is -0.573. The Morgan fingerprint density at radius 1 is 1.11 bits per heavy atom. The summed E-state index contributed by atoms with van der Waals surface area (Å²) in [6.07, 6.45) is 1.28. The van der Waals surface area contributed by atoms with Crippen molar-refractivity contribution in [2.75, 3.05) is 0 Å². The highest BCUT2D eigenvalue weighted by Gasteiger charge is 2.23. The van der Waals surface area contributed by atoms with E-state index in [-0.39, 0.29) is 5.91 Å². The lowest BCUT2D eigenvalue weighted by atomic mass is 10.1.